The Labute approximate surface area is 145 Å². The molecule has 0 radical (unpaired) electrons. The first-order valence-electron chi connectivity index (χ1n) is 7.49. The second-order valence-electron chi connectivity index (χ2n) is 5.49. The Kier molecular flexibility index (Phi) is 4.50. The molecular weight excluding hydrogens is 342 g/mol. The number of aldehydes is 1. The van der Waals surface area contributed by atoms with Gasteiger partial charge in [0.05, 0.1) is 25.5 Å². The number of benzene rings is 2. The summed E-state index contributed by atoms with van der Waals surface area (Å²) in [6.45, 7) is 0. The van der Waals surface area contributed by atoms with Gasteiger partial charge in [0.25, 0.3) is 0 Å². The predicted octanol–water partition coefficient (Wildman–Crippen LogP) is 2.85. The summed E-state index contributed by atoms with van der Waals surface area (Å²) >= 11 is 0. The average molecular weight is 359 g/mol. The molecule has 6 nitrogen and oxygen atoms in total. The van der Waals surface area contributed by atoms with Crippen molar-refractivity contribution in [2.24, 2.45) is 0 Å². The van der Waals surface area contributed by atoms with E-state index in [-0.39, 0.29) is 5.75 Å². The van der Waals surface area contributed by atoms with Crippen LogP contribution >= 0.6 is 0 Å². The van der Waals surface area contributed by atoms with Crippen LogP contribution in [0.25, 0.3) is 10.9 Å². The third kappa shape index (κ3) is 3.23. The number of nitrogens with zero attached hydrogens (tertiary/aromatic N) is 1. The normalized spacial score (nSPS) is 11.4. The number of methoxy groups -OCH3 is 2. The lowest BCUT2D eigenvalue weighted by Crippen LogP contribution is -2.14. The van der Waals surface area contributed by atoms with Crippen LogP contribution in [0, 0.1) is 0 Å². The summed E-state index contributed by atoms with van der Waals surface area (Å²) in [7, 11) is -0.664. The molecule has 3 aromatic rings. The van der Waals surface area contributed by atoms with Crippen molar-refractivity contribution >= 4 is 27.2 Å². The highest BCUT2D eigenvalue weighted by molar-refractivity contribution is 7.89. The maximum atomic E-state index is 12.9. The number of hydrogen-bond donors (Lipinski definition) is 0. The topological polar surface area (TPSA) is 74.6 Å². The Balaban J connectivity index is 2.07. The van der Waals surface area contributed by atoms with E-state index in [2.05, 4.69) is 0 Å². The van der Waals surface area contributed by atoms with Crippen LogP contribution in [0.1, 0.15) is 15.9 Å². The maximum Gasteiger partial charge on any atom is 0.243 e. The highest BCUT2D eigenvalue weighted by atomic mass is 32.2. The second kappa shape index (κ2) is 6.60. The lowest BCUT2D eigenvalue weighted by atomic mass is 10.2. The summed E-state index contributed by atoms with van der Waals surface area (Å²) in [5.74, 6) is 0.973. The van der Waals surface area contributed by atoms with E-state index in [1.54, 1.807) is 49.6 Å². The Morgan fingerprint density at radius 3 is 2.24 bits per heavy atom. The standard InChI is InChI=1S/C18H17NO5S/c1-23-15-5-3-13(4-6-15)12-25(21,22)19-10-14(11-20)17-8-7-16(24-2)9-18(17)19/h3-11H,12H2,1-2H3. The molecule has 25 heavy (non-hydrogen) atoms. The number of carbonyl (C=O) groups excluding carboxylic acids is 1. The Hall–Kier alpha value is -2.80. The number of fused-ring (bicyclic) bond motifs is 1. The molecule has 0 amide bonds. The van der Waals surface area contributed by atoms with Gasteiger partial charge in [-0.1, -0.05) is 12.1 Å². The molecule has 3 rings (SSSR count). The van der Waals surface area contributed by atoms with Gasteiger partial charge in [-0.2, -0.15) is 0 Å². The smallest absolute Gasteiger partial charge is 0.243 e. The molecule has 1 heterocycles. The van der Waals surface area contributed by atoms with Crippen LogP contribution in [-0.2, 0) is 15.8 Å². The molecule has 0 saturated heterocycles. The molecule has 0 aliphatic rings. The van der Waals surface area contributed by atoms with Crippen LogP contribution in [0.15, 0.2) is 48.7 Å². The van der Waals surface area contributed by atoms with E-state index in [1.165, 1.54) is 13.3 Å². The van der Waals surface area contributed by atoms with E-state index in [4.69, 9.17) is 9.47 Å². The van der Waals surface area contributed by atoms with Crippen molar-refractivity contribution in [3.8, 4) is 11.5 Å². The van der Waals surface area contributed by atoms with Crippen LogP contribution in [-0.4, -0.2) is 32.9 Å². The van der Waals surface area contributed by atoms with Crippen molar-refractivity contribution in [2.75, 3.05) is 14.2 Å². The third-order valence-electron chi connectivity index (χ3n) is 3.94. The minimum absolute atomic E-state index is 0.198. The predicted molar refractivity (Wildman–Crippen MR) is 94.9 cm³/mol. The third-order valence-corrected chi connectivity index (χ3v) is 5.54. The first-order valence-corrected chi connectivity index (χ1v) is 9.10. The van der Waals surface area contributed by atoms with Gasteiger partial charge in [-0.15, -0.1) is 0 Å². The quantitative estimate of drug-likeness (QED) is 0.633. The molecular formula is C18H17NO5S. The van der Waals surface area contributed by atoms with Gasteiger partial charge in [-0.05, 0) is 29.8 Å². The van der Waals surface area contributed by atoms with Crippen LogP contribution in [0.2, 0.25) is 0 Å². The average Bonchev–Trinajstić information content (AvgIpc) is 3.00. The first kappa shape index (κ1) is 17.0. The van der Waals surface area contributed by atoms with E-state index in [0.717, 1.165) is 3.97 Å². The van der Waals surface area contributed by atoms with Gasteiger partial charge >= 0.3 is 0 Å². The minimum Gasteiger partial charge on any atom is -0.497 e. The SMILES string of the molecule is COc1ccc(CS(=O)(=O)n2cc(C=O)c3ccc(OC)cc32)cc1. The number of carbonyl (C=O) groups is 1. The molecule has 0 aliphatic carbocycles. The zero-order valence-electron chi connectivity index (χ0n) is 13.8. The molecule has 0 N–H and O–H groups in total. The highest BCUT2D eigenvalue weighted by Gasteiger charge is 2.20. The zero-order chi connectivity index (χ0) is 18.0. The lowest BCUT2D eigenvalue weighted by Gasteiger charge is -2.09. The van der Waals surface area contributed by atoms with Crippen molar-refractivity contribution in [2.45, 2.75) is 5.75 Å². The molecule has 0 unspecified atom stereocenters. The molecule has 0 bridgehead atoms. The van der Waals surface area contributed by atoms with Gasteiger partial charge in [0.2, 0.25) is 10.0 Å². The molecule has 130 valence electrons. The number of hydrogen-bond acceptors (Lipinski definition) is 5. The molecule has 0 aliphatic heterocycles. The van der Waals surface area contributed by atoms with E-state index in [9.17, 15) is 13.2 Å². The summed E-state index contributed by atoms with van der Waals surface area (Å²) in [4.78, 5) is 11.3. The summed E-state index contributed by atoms with van der Waals surface area (Å²) in [5.41, 5.74) is 1.35. The first-order chi connectivity index (χ1) is 12.0. The van der Waals surface area contributed by atoms with Crippen molar-refractivity contribution in [1.82, 2.24) is 3.97 Å². The van der Waals surface area contributed by atoms with Crippen LogP contribution in [0.4, 0.5) is 0 Å². The molecule has 0 spiro atoms. The van der Waals surface area contributed by atoms with E-state index in [1.807, 2.05) is 0 Å². The fourth-order valence-corrected chi connectivity index (χ4v) is 4.13. The maximum absolute atomic E-state index is 12.9. The van der Waals surface area contributed by atoms with Gasteiger partial charge < -0.3 is 9.47 Å². The van der Waals surface area contributed by atoms with Gasteiger partial charge in [0.15, 0.2) is 6.29 Å². The Morgan fingerprint density at radius 1 is 1.00 bits per heavy atom. The summed E-state index contributed by atoms with van der Waals surface area (Å²) < 4.78 is 37.1. The Morgan fingerprint density at radius 2 is 1.64 bits per heavy atom. The second-order valence-corrected chi connectivity index (χ2v) is 7.33. The van der Waals surface area contributed by atoms with Crippen molar-refractivity contribution in [3.05, 3.63) is 59.8 Å². The zero-order valence-corrected chi connectivity index (χ0v) is 14.6. The van der Waals surface area contributed by atoms with Crippen molar-refractivity contribution in [3.63, 3.8) is 0 Å². The number of aromatic nitrogens is 1. The van der Waals surface area contributed by atoms with Gasteiger partial charge in [-0.25, -0.2) is 12.4 Å². The van der Waals surface area contributed by atoms with Gasteiger partial charge in [0.1, 0.15) is 11.5 Å². The van der Waals surface area contributed by atoms with Crippen molar-refractivity contribution < 1.29 is 22.7 Å². The minimum atomic E-state index is -3.71. The number of ether oxygens (including phenoxy) is 2. The van der Waals surface area contributed by atoms with Crippen LogP contribution < -0.4 is 9.47 Å². The molecule has 0 fully saturated rings. The monoisotopic (exact) mass is 359 g/mol. The highest BCUT2D eigenvalue weighted by Crippen LogP contribution is 2.27. The molecule has 0 atom stereocenters. The van der Waals surface area contributed by atoms with Gasteiger partial charge in [-0.3, -0.25) is 4.79 Å². The van der Waals surface area contributed by atoms with Crippen LogP contribution in [0.3, 0.4) is 0 Å². The number of rotatable bonds is 6. The van der Waals surface area contributed by atoms with E-state index < -0.39 is 10.0 Å². The molecule has 1 aromatic heterocycles. The largest absolute Gasteiger partial charge is 0.497 e. The lowest BCUT2D eigenvalue weighted by molar-refractivity contribution is 0.112. The Bertz CT molecular complexity index is 1020. The van der Waals surface area contributed by atoms with Crippen molar-refractivity contribution in [1.29, 1.82) is 0 Å². The fourth-order valence-electron chi connectivity index (χ4n) is 2.66. The molecule has 7 heteroatoms. The van der Waals surface area contributed by atoms with Crippen LogP contribution in [0.5, 0.6) is 11.5 Å². The summed E-state index contributed by atoms with van der Waals surface area (Å²) in [5, 5.41) is 0.564. The summed E-state index contributed by atoms with van der Waals surface area (Å²) in [6, 6.07) is 11.8. The van der Waals surface area contributed by atoms with E-state index in [0.29, 0.717) is 39.8 Å². The molecule has 0 saturated carbocycles. The van der Waals surface area contributed by atoms with Gasteiger partial charge in [0, 0.05) is 23.2 Å². The summed E-state index contributed by atoms with van der Waals surface area (Å²) in [6.07, 6.45) is 1.99. The molecule has 2 aromatic carbocycles. The fraction of sp³-hybridized carbons (Fsp3) is 0.167. The van der Waals surface area contributed by atoms with E-state index >= 15 is 0 Å².